The van der Waals surface area contributed by atoms with Gasteiger partial charge in [-0.2, -0.15) is 13.2 Å². The third-order valence-corrected chi connectivity index (χ3v) is 3.86. The quantitative estimate of drug-likeness (QED) is 0.805. The summed E-state index contributed by atoms with van der Waals surface area (Å²) in [6, 6.07) is 2.81. The zero-order valence-corrected chi connectivity index (χ0v) is 15.2. The fourth-order valence-electron chi connectivity index (χ4n) is 2.33. The van der Waals surface area contributed by atoms with Gasteiger partial charge >= 0.3 is 6.18 Å². The largest absolute Gasteiger partial charge is 0.418 e. The van der Waals surface area contributed by atoms with E-state index in [1.807, 2.05) is 4.90 Å². The van der Waals surface area contributed by atoms with E-state index < -0.39 is 23.7 Å². The molecule has 138 valence electrons. The van der Waals surface area contributed by atoms with Crippen molar-refractivity contribution >= 4 is 48.0 Å². The molecule has 0 saturated carbocycles. The zero-order valence-electron chi connectivity index (χ0n) is 12.8. The topological polar surface area (TPSA) is 44.4 Å². The highest BCUT2D eigenvalue weighted by molar-refractivity contribution is 6.30. The van der Waals surface area contributed by atoms with E-state index >= 15 is 0 Å². The second kappa shape index (κ2) is 9.68. The lowest BCUT2D eigenvalue weighted by Crippen LogP contribution is -2.51. The van der Waals surface area contributed by atoms with Crippen molar-refractivity contribution in [1.29, 1.82) is 0 Å². The van der Waals surface area contributed by atoms with E-state index in [-0.39, 0.29) is 35.5 Å². The summed E-state index contributed by atoms with van der Waals surface area (Å²) < 4.78 is 39.0. The Hall–Kier alpha value is -0.730. The molecule has 10 heteroatoms. The van der Waals surface area contributed by atoms with Gasteiger partial charge in [-0.05, 0) is 25.1 Å². The molecule has 0 aliphatic carbocycles. The van der Waals surface area contributed by atoms with E-state index in [1.54, 1.807) is 6.92 Å². The number of piperazine rings is 1. The Kier molecular flexibility index (Phi) is 9.38. The molecule has 1 aliphatic heterocycles. The molecule has 1 saturated heterocycles. The van der Waals surface area contributed by atoms with Crippen LogP contribution >= 0.6 is 36.4 Å². The van der Waals surface area contributed by atoms with Crippen LogP contribution in [0.3, 0.4) is 0 Å². The molecule has 24 heavy (non-hydrogen) atoms. The molecule has 1 amide bonds. The highest BCUT2D eigenvalue weighted by atomic mass is 35.5. The van der Waals surface area contributed by atoms with Gasteiger partial charge in [0.2, 0.25) is 5.91 Å². The van der Waals surface area contributed by atoms with Crippen LogP contribution in [-0.2, 0) is 11.0 Å². The Bertz CT molecular complexity index is 552. The van der Waals surface area contributed by atoms with Crippen molar-refractivity contribution in [2.24, 2.45) is 0 Å². The second-order valence-corrected chi connectivity index (χ2v) is 5.58. The van der Waals surface area contributed by atoms with Crippen molar-refractivity contribution in [2.75, 3.05) is 31.5 Å². The summed E-state index contributed by atoms with van der Waals surface area (Å²) in [6.45, 7) is 4.56. The van der Waals surface area contributed by atoms with Gasteiger partial charge in [-0.3, -0.25) is 9.69 Å². The molecule has 0 aromatic heterocycles. The van der Waals surface area contributed by atoms with Crippen molar-refractivity contribution in [3.63, 3.8) is 0 Å². The van der Waals surface area contributed by atoms with Crippen LogP contribution in [-0.4, -0.2) is 43.0 Å². The molecule has 1 atom stereocenters. The SMILES string of the molecule is CC(C(=O)Nc1ccc(Cl)cc1C(F)(F)F)N1CCNCC1.Cl.Cl. The normalized spacial score (nSPS) is 16.5. The number of hydrogen-bond acceptors (Lipinski definition) is 3. The van der Waals surface area contributed by atoms with E-state index in [1.165, 1.54) is 12.1 Å². The van der Waals surface area contributed by atoms with Gasteiger partial charge < -0.3 is 10.6 Å². The van der Waals surface area contributed by atoms with Crippen LogP contribution in [0, 0.1) is 0 Å². The fourth-order valence-corrected chi connectivity index (χ4v) is 2.50. The van der Waals surface area contributed by atoms with E-state index in [4.69, 9.17) is 11.6 Å². The smallest absolute Gasteiger partial charge is 0.324 e. The van der Waals surface area contributed by atoms with E-state index in [0.717, 1.165) is 19.2 Å². The maximum atomic E-state index is 13.0. The lowest BCUT2D eigenvalue weighted by molar-refractivity contribution is -0.137. The summed E-state index contributed by atoms with van der Waals surface area (Å²) in [5, 5.41) is 5.49. The molecule has 0 spiro atoms. The summed E-state index contributed by atoms with van der Waals surface area (Å²) in [5.74, 6) is -0.463. The Labute approximate surface area is 155 Å². The number of hydrogen-bond donors (Lipinski definition) is 2. The molecular formula is C14H19Cl3F3N3O. The van der Waals surface area contributed by atoms with Crippen molar-refractivity contribution in [1.82, 2.24) is 10.2 Å². The van der Waals surface area contributed by atoms with Crippen LogP contribution in [0.4, 0.5) is 18.9 Å². The maximum absolute atomic E-state index is 13.0. The maximum Gasteiger partial charge on any atom is 0.418 e. The lowest BCUT2D eigenvalue weighted by atomic mass is 10.1. The summed E-state index contributed by atoms with van der Waals surface area (Å²) >= 11 is 5.62. The predicted octanol–water partition coefficient (Wildman–Crippen LogP) is 3.43. The van der Waals surface area contributed by atoms with E-state index in [0.29, 0.717) is 13.1 Å². The Morgan fingerprint density at radius 1 is 1.29 bits per heavy atom. The first-order valence-electron chi connectivity index (χ1n) is 6.91. The van der Waals surface area contributed by atoms with Gasteiger partial charge in [-0.1, -0.05) is 11.6 Å². The average molecular weight is 409 g/mol. The van der Waals surface area contributed by atoms with Crippen molar-refractivity contribution < 1.29 is 18.0 Å². The molecule has 0 bridgehead atoms. The van der Waals surface area contributed by atoms with Gasteiger partial charge in [-0.15, -0.1) is 24.8 Å². The first-order chi connectivity index (χ1) is 10.3. The Balaban J connectivity index is 0.00000264. The molecule has 1 heterocycles. The van der Waals surface area contributed by atoms with Crippen LogP contribution in [0.15, 0.2) is 18.2 Å². The summed E-state index contributed by atoms with van der Waals surface area (Å²) in [6.07, 6.45) is -4.58. The number of halogens is 6. The number of nitrogens with one attached hydrogen (secondary N) is 2. The molecular weight excluding hydrogens is 390 g/mol. The van der Waals surface area contributed by atoms with Crippen LogP contribution in [0.5, 0.6) is 0 Å². The van der Waals surface area contributed by atoms with Gasteiger partial charge in [0, 0.05) is 31.2 Å². The standard InChI is InChI=1S/C14H17ClF3N3O.2ClH/c1-9(21-6-4-19-5-7-21)13(22)20-12-3-2-10(15)8-11(12)14(16,17)18;;/h2-3,8-9,19H,4-7H2,1H3,(H,20,22);2*1H. The number of benzene rings is 1. The minimum absolute atomic E-state index is 0. The van der Waals surface area contributed by atoms with Crippen LogP contribution in [0.25, 0.3) is 0 Å². The molecule has 1 aliphatic rings. The lowest BCUT2D eigenvalue weighted by Gasteiger charge is -2.32. The number of anilines is 1. The first kappa shape index (κ1) is 23.3. The predicted molar refractivity (Wildman–Crippen MR) is 93.5 cm³/mol. The minimum Gasteiger partial charge on any atom is -0.324 e. The van der Waals surface area contributed by atoms with Crippen molar-refractivity contribution in [3.8, 4) is 0 Å². The number of amides is 1. The zero-order chi connectivity index (χ0) is 16.3. The van der Waals surface area contributed by atoms with Crippen LogP contribution in [0.2, 0.25) is 5.02 Å². The van der Waals surface area contributed by atoms with Gasteiger partial charge in [0.25, 0.3) is 0 Å². The number of nitrogens with zero attached hydrogens (tertiary/aromatic N) is 1. The van der Waals surface area contributed by atoms with Crippen molar-refractivity contribution in [3.05, 3.63) is 28.8 Å². The third kappa shape index (κ3) is 5.97. The third-order valence-electron chi connectivity index (χ3n) is 3.62. The van der Waals surface area contributed by atoms with E-state index in [2.05, 4.69) is 10.6 Å². The van der Waals surface area contributed by atoms with Gasteiger partial charge in [-0.25, -0.2) is 0 Å². The van der Waals surface area contributed by atoms with Gasteiger partial charge in [0.15, 0.2) is 0 Å². The molecule has 4 nitrogen and oxygen atoms in total. The monoisotopic (exact) mass is 407 g/mol. The molecule has 2 N–H and O–H groups in total. The average Bonchev–Trinajstić information content (AvgIpc) is 2.48. The summed E-state index contributed by atoms with van der Waals surface area (Å²) in [5.41, 5.74) is -1.22. The summed E-state index contributed by atoms with van der Waals surface area (Å²) in [4.78, 5) is 14.1. The number of alkyl halides is 3. The Morgan fingerprint density at radius 3 is 2.42 bits per heavy atom. The van der Waals surface area contributed by atoms with Gasteiger partial charge in [0.1, 0.15) is 0 Å². The van der Waals surface area contributed by atoms with Crippen molar-refractivity contribution in [2.45, 2.75) is 19.1 Å². The number of carbonyl (C=O) groups excluding carboxylic acids is 1. The van der Waals surface area contributed by atoms with Crippen LogP contribution in [0.1, 0.15) is 12.5 Å². The first-order valence-corrected chi connectivity index (χ1v) is 7.29. The van der Waals surface area contributed by atoms with Crippen LogP contribution < -0.4 is 10.6 Å². The van der Waals surface area contributed by atoms with E-state index in [9.17, 15) is 18.0 Å². The molecule has 1 aromatic carbocycles. The molecule has 1 fully saturated rings. The molecule has 0 radical (unpaired) electrons. The Morgan fingerprint density at radius 2 is 1.88 bits per heavy atom. The molecule has 1 aromatic rings. The van der Waals surface area contributed by atoms with Gasteiger partial charge in [0.05, 0.1) is 17.3 Å². The fraction of sp³-hybridized carbons (Fsp3) is 0.500. The highest BCUT2D eigenvalue weighted by Gasteiger charge is 2.35. The summed E-state index contributed by atoms with van der Waals surface area (Å²) in [7, 11) is 0. The molecule has 2 rings (SSSR count). The molecule has 1 unspecified atom stereocenters. The second-order valence-electron chi connectivity index (χ2n) is 5.14. The number of carbonyl (C=O) groups is 1. The highest BCUT2D eigenvalue weighted by Crippen LogP contribution is 2.36. The number of rotatable bonds is 3. The minimum atomic E-state index is -4.58.